The summed E-state index contributed by atoms with van der Waals surface area (Å²) in [7, 11) is -1.03. The summed E-state index contributed by atoms with van der Waals surface area (Å²) < 4.78 is 37.2. The Kier molecular flexibility index (Phi) is 10.2. The summed E-state index contributed by atoms with van der Waals surface area (Å²) >= 11 is 0. The van der Waals surface area contributed by atoms with Gasteiger partial charge in [-0.3, -0.25) is 13.9 Å². The maximum atomic E-state index is 13.7. The zero-order chi connectivity index (χ0) is 27.0. The zero-order valence-corrected chi connectivity index (χ0v) is 22.9. The number of nitrogens with zero attached hydrogens (tertiary/aromatic N) is 2. The Morgan fingerprint density at radius 3 is 2.28 bits per heavy atom. The number of ether oxygens (including phenoxy) is 2. The molecule has 0 unspecified atom stereocenters. The number of carbonyl (C=O) groups is 2. The number of rotatable bonds is 12. The van der Waals surface area contributed by atoms with Crippen molar-refractivity contribution in [2.75, 3.05) is 37.9 Å². The number of sulfonamides is 1. The fourth-order valence-corrected chi connectivity index (χ4v) is 4.47. The Hall–Kier alpha value is -3.27. The maximum absolute atomic E-state index is 13.7. The lowest BCUT2D eigenvalue weighted by Crippen LogP contribution is -2.51. The highest BCUT2D eigenvalue weighted by Gasteiger charge is 2.31. The van der Waals surface area contributed by atoms with Crippen LogP contribution in [-0.2, 0) is 26.2 Å². The highest BCUT2D eigenvalue weighted by Crippen LogP contribution is 2.34. The Labute approximate surface area is 214 Å². The molecule has 0 radical (unpaired) electrons. The monoisotopic (exact) mass is 519 g/mol. The van der Waals surface area contributed by atoms with Gasteiger partial charge in [0, 0.05) is 19.2 Å². The zero-order valence-electron chi connectivity index (χ0n) is 22.1. The number of aryl methyl sites for hydroxylation is 1. The van der Waals surface area contributed by atoms with Gasteiger partial charge in [0.25, 0.3) is 0 Å². The first-order valence-corrected chi connectivity index (χ1v) is 13.5. The fraction of sp³-hybridized carbons (Fsp3) is 0.462. The van der Waals surface area contributed by atoms with Gasteiger partial charge >= 0.3 is 0 Å². The third kappa shape index (κ3) is 7.87. The molecule has 0 saturated carbocycles. The highest BCUT2D eigenvalue weighted by atomic mass is 32.2. The summed E-state index contributed by atoms with van der Waals surface area (Å²) in [6.45, 7) is 7.62. The number of hydrogen-bond donors (Lipinski definition) is 1. The van der Waals surface area contributed by atoms with Gasteiger partial charge in [0.05, 0.1) is 26.2 Å². The van der Waals surface area contributed by atoms with Crippen LogP contribution in [0.3, 0.4) is 0 Å². The minimum atomic E-state index is -3.90. The van der Waals surface area contributed by atoms with Gasteiger partial charge in [0.2, 0.25) is 21.8 Å². The number of benzene rings is 2. The predicted molar refractivity (Wildman–Crippen MR) is 141 cm³/mol. The lowest BCUT2D eigenvalue weighted by molar-refractivity contribution is -0.139. The van der Waals surface area contributed by atoms with Gasteiger partial charge in [-0.25, -0.2) is 8.42 Å². The Bertz CT molecular complexity index is 1170. The molecule has 0 saturated heterocycles. The van der Waals surface area contributed by atoms with Crippen LogP contribution >= 0.6 is 0 Å². The molecule has 9 nitrogen and oxygen atoms in total. The molecule has 0 aliphatic rings. The van der Waals surface area contributed by atoms with E-state index in [1.165, 1.54) is 25.2 Å². The van der Waals surface area contributed by atoms with Crippen LogP contribution in [0.1, 0.15) is 31.9 Å². The van der Waals surface area contributed by atoms with Gasteiger partial charge in [0.1, 0.15) is 24.1 Å². The van der Waals surface area contributed by atoms with Crippen molar-refractivity contribution in [2.24, 2.45) is 5.92 Å². The second kappa shape index (κ2) is 12.6. The van der Waals surface area contributed by atoms with Crippen molar-refractivity contribution in [2.45, 2.75) is 40.3 Å². The van der Waals surface area contributed by atoms with E-state index in [0.29, 0.717) is 12.3 Å². The molecule has 198 valence electrons. The third-order valence-corrected chi connectivity index (χ3v) is 6.75. The molecule has 0 aliphatic heterocycles. The molecule has 2 aromatic carbocycles. The van der Waals surface area contributed by atoms with Crippen molar-refractivity contribution in [1.82, 2.24) is 10.2 Å². The average molecular weight is 520 g/mol. The maximum Gasteiger partial charge on any atom is 0.244 e. The largest absolute Gasteiger partial charge is 0.497 e. The van der Waals surface area contributed by atoms with E-state index in [-0.39, 0.29) is 29.8 Å². The van der Waals surface area contributed by atoms with E-state index in [9.17, 15) is 18.0 Å². The molecule has 2 aromatic rings. The predicted octanol–water partition coefficient (Wildman–Crippen LogP) is 2.97. The van der Waals surface area contributed by atoms with Crippen molar-refractivity contribution in [3.63, 3.8) is 0 Å². The first-order chi connectivity index (χ1) is 16.9. The standard InChI is InChI=1S/C26H37N3O6S/c1-18(2)15-27-26(31)20(4)28(16-21-10-8-9-19(3)13-21)25(30)17-29(36(7,32)33)23-14-22(34-5)11-12-24(23)35-6/h8-14,18,20H,15-17H2,1-7H3,(H,27,31)/t20-/m0/s1. The minimum absolute atomic E-state index is 0.142. The van der Waals surface area contributed by atoms with Crippen LogP contribution in [0.15, 0.2) is 42.5 Å². The summed E-state index contributed by atoms with van der Waals surface area (Å²) in [5, 5.41) is 2.86. The van der Waals surface area contributed by atoms with Crippen LogP contribution in [0.4, 0.5) is 5.69 Å². The highest BCUT2D eigenvalue weighted by molar-refractivity contribution is 7.92. The SMILES string of the molecule is COc1ccc(OC)c(N(CC(=O)N(Cc2cccc(C)c2)[C@@H](C)C(=O)NCC(C)C)S(C)(=O)=O)c1. The summed E-state index contributed by atoms with van der Waals surface area (Å²) in [5.74, 6) is 0.0730. The van der Waals surface area contributed by atoms with Crippen LogP contribution in [0.25, 0.3) is 0 Å². The number of anilines is 1. The molecule has 0 spiro atoms. The van der Waals surface area contributed by atoms with Gasteiger partial charge in [-0.2, -0.15) is 0 Å². The molecule has 1 N–H and O–H groups in total. The molecule has 36 heavy (non-hydrogen) atoms. The van der Waals surface area contributed by atoms with Gasteiger partial charge in [-0.1, -0.05) is 43.7 Å². The summed E-state index contributed by atoms with van der Waals surface area (Å²) in [5.41, 5.74) is 2.01. The van der Waals surface area contributed by atoms with E-state index in [1.807, 2.05) is 45.0 Å². The van der Waals surface area contributed by atoms with E-state index in [2.05, 4.69) is 5.32 Å². The molecule has 2 amide bonds. The molecule has 1 atom stereocenters. The Balaban J connectivity index is 2.46. The summed E-state index contributed by atoms with van der Waals surface area (Å²) in [6.07, 6.45) is 1.02. The Morgan fingerprint density at radius 2 is 1.72 bits per heavy atom. The Morgan fingerprint density at radius 1 is 1.03 bits per heavy atom. The number of amides is 2. The van der Waals surface area contributed by atoms with E-state index in [4.69, 9.17) is 9.47 Å². The normalized spacial score (nSPS) is 12.1. The van der Waals surface area contributed by atoms with Crippen LogP contribution in [0.5, 0.6) is 11.5 Å². The smallest absolute Gasteiger partial charge is 0.244 e. The molecule has 0 fully saturated rings. The molecule has 0 bridgehead atoms. The number of carbonyl (C=O) groups excluding carboxylic acids is 2. The average Bonchev–Trinajstić information content (AvgIpc) is 2.82. The van der Waals surface area contributed by atoms with E-state index in [1.54, 1.807) is 19.1 Å². The van der Waals surface area contributed by atoms with Gasteiger partial charge in [0.15, 0.2) is 0 Å². The molecule has 0 heterocycles. The molecular weight excluding hydrogens is 482 g/mol. The quantitative estimate of drug-likeness (QED) is 0.462. The first kappa shape index (κ1) is 29.0. The van der Waals surface area contributed by atoms with E-state index < -0.39 is 28.5 Å². The second-order valence-corrected chi connectivity index (χ2v) is 11.0. The first-order valence-electron chi connectivity index (χ1n) is 11.7. The molecule has 0 aromatic heterocycles. The van der Waals surface area contributed by atoms with Gasteiger partial charge < -0.3 is 19.7 Å². The minimum Gasteiger partial charge on any atom is -0.497 e. The lowest BCUT2D eigenvalue weighted by Gasteiger charge is -2.32. The van der Waals surface area contributed by atoms with E-state index in [0.717, 1.165) is 21.7 Å². The van der Waals surface area contributed by atoms with Crippen LogP contribution in [-0.4, -0.2) is 64.7 Å². The van der Waals surface area contributed by atoms with Gasteiger partial charge in [-0.15, -0.1) is 0 Å². The molecule has 10 heteroatoms. The number of hydrogen-bond acceptors (Lipinski definition) is 6. The summed E-state index contributed by atoms with van der Waals surface area (Å²) in [4.78, 5) is 28.0. The topological polar surface area (TPSA) is 105 Å². The van der Waals surface area contributed by atoms with Crippen molar-refractivity contribution in [3.05, 3.63) is 53.6 Å². The summed E-state index contributed by atoms with van der Waals surface area (Å²) in [6, 6.07) is 11.5. The second-order valence-electron chi connectivity index (χ2n) is 9.13. The van der Waals surface area contributed by atoms with Gasteiger partial charge in [-0.05, 0) is 37.5 Å². The van der Waals surface area contributed by atoms with Crippen molar-refractivity contribution >= 4 is 27.5 Å². The molecular formula is C26H37N3O6S. The van der Waals surface area contributed by atoms with Crippen molar-refractivity contribution < 1.29 is 27.5 Å². The molecule has 2 rings (SSSR count). The lowest BCUT2D eigenvalue weighted by atomic mass is 10.1. The number of nitrogens with one attached hydrogen (secondary N) is 1. The van der Waals surface area contributed by atoms with E-state index >= 15 is 0 Å². The van der Waals surface area contributed by atoms with Crippen LogP contribution in [0.2, 0.25) is 0 Å². The number of methoxy groups -OCH3 is 2. The van der Waals surface area contributed by atoms with Crippen LogP contribution in [0, 0.1) is 12.8 Å². The third-order valence-electron chi connectivity index (χ3n) is 5.62. The van der Waals surface area contributed by atoms with Crippen LogP contribution < -0.4 is 19.1 Å². The van der Waals surface area contributed by atoms with Crippen molar-refractivity contribution in [3.8, 4) is 11.5 Å². The molecule has 0 aliphatic carbocycles. The van der Waals surface area contributed by atoms with Crippen molar-refractivity contribution in [1.29, 1.82) is 0 Å². The fourth-order valence-electron chi connectivity index (χ4n) is 3.63.